The molecule has 3 heteroatoms. The summed E-state index contributed by atoms with van der Waals surface area (Å²) in [4.78, 5) is 14.6. The first-order chi connectivity index (χ1) is 8.95. The minimum absolute atomic E-state index is 0.128. The summed E-state index contributed by atoms with van der Waals surface area (Å²) in [6.45, 7) is 10.4. The molecular formula is C16H26N2O. The third kappa shape index (κ3) is 4.67. The number of carbonyl (C=O) groups is 1. The van der Waals surface area contributed by atoms with E-state index in [4.69, 9.17) is 5.73 Å². The van der Waals surface area contributed by atoms with Crippen LogP contribution in [-0.2, 0) is 0 Å². The fourth-order valence-corrected chi connectivity index (χ4v) is 2.14. The van der Waals surface area contributed by atoms with Gasteiger partial charge in [0.25, 0.3) is 5.91 Å². The summed E-state index contributed by atoms with van der Waals surface area (Å²) >= 11 is 0. The van der Waals surface area contributed by atoms with Crippen molar-refractivity contribution in [3.8, 4) is 0 Å². The molecule has 0 aromatic heterocycles. The Morgan fingerprint density at radius 1 is 1.32 bits per heavy atom. The van der Waals surface area contributed by atoms with Gasteiger partial charge in [-0.15, -0.1) is 0 Å². The van der Waals surface area contributed by atoms with E-state index in [-0.39, 0.29) is 5.91 Å². The molecule has 1 amide bonds. The zero-order valence-electron chi connectivity index (χ0n) is 12.6. The molecule has 0 radical (unpaired) electrons. The lowest BCUT2D eigenvalue weighted by Gasteiger charge is -2.25. The predicted octanol–water partition coefficient (Wildman–Crippen LogP) is 2.75. The first-order valence-corrected chi connectivity index (χ1v) is 7.02. The fraction of sp³-hybridized carbons (Fsp3) is 0.562. The molecule has 1 rings (SSSR count). The Labute approximate surface area is 116 Å². The number of amides is 1. The zero-order valence-corrected chi connectivity index (χ0v) is 12.6. The maximum Gasteiger partial charge on any atom is 0.254 e. The number of benzene rings is 1. The summed E-state index contributed by atoms with van der Waals surface area (Å²) in [5.74, 6) is 0.593. The topological polar surface area (TPSA) is 46.3 Å². The Morgan fingerprint density at radius 3 is 2.58 bits per heavy atom. The van der Waals surface area contributed by atoms with E-state index >= 15 is 0 Å². The standard InChI is InChI=1S/C16H26N2O/c1-12(2)11-18(9-5-8-17)16(19)15-10-13(3)6-7-14(15)4/h6-7,10,12H,5,8-9,11,17H2,1-4H3. The van der Waals surface area contributed by atoms with Gasteiger partial charge in [0.05, 0.1) is 0 Å². The summed E-state index contributed by atoms with van der Waals surface area (Å²) in [5, 5.41) is 0. The average Bonchev–Trinajstić information content (AvgIpc) is 2.36. The molecule has 0 bridgehead atoms. The molecule has 19 heavy (non-hydrogen) atoms. The van der Waals surface area contributed by atoms with Crippen LogP contribution < -0.4 is 5.73 Å². The van der Waals surface area contributed by atoms with Crippen LogP contribution in [0.1, 0.15) is 41.8 Å². The van der Waals surface area contributed by atoms with E-state index in [9.17, 15) is 4.79 Å². The number of aryl methyl sites for hydroxylation is 2. The van der Waals surface area contributed by atoms with Gasteiger partial charge in [0.1, 0.15) is 0 Å². The van der Waals surface area contributed by atoms with Gasteiger partial charge in [-0.3, -0.25) is 4.79 Å². The zero-order chi connectivity index (χ0) is 14.4. The van der Waals surface area contributed by atoms with Crippen molar-refractivity contribution in [2.75, 3.05) is 19.6 Å². The molecule has 2 N–H and O–H groups in total. The number of carbonyl (C=O) groups excluding carboxylic acids is 1. The highest BCUT2D eigenvalue weighted by Gasteiger charge is 2.18. The molecular weight excluding hydrogens is 236 g/mol. The second-order valence-electron chi connectivity index (χ2n) is 5.61. The van der Waals surface area contributed by atoms with Gasteiger partial charge in [0.15, 0.2) is 0 Å². The molecule has 0 unspecified atom stereocenters. The maximum absolute atomic E-state index is 12.6. The highest BCUT2D eigenvalue weighted by atomic mass is 16.2. The summed E-state index contributed by atoms with van der Waals surface area (Å²) < 4.78 is 0. The van der Waals surface area contributed by atoms with Crippen molar-refractivity contribution in [2.24, 2.45) is 11.7 Å². The Kier molecular flexibility index (Phi) is 6.03. The Balaban J connectivity index is 2.93. The number of nitrogens with zero attached hydrogens (tertiary/aromatic N) is 1. The first-order valence-electron chi connectivity index (χ1n) is 7.02. The van der Waals surface area contributed by atoms with Crippen molar-refractivity contribution >= 4 is 5.91 Å². The lowest BCUT2D eigenvalue weighted by Crippen LogP contribution is -2.36. The van der Waals surface area contributed by atoms with E-state index in [1.807, 2.05) is 36.9 Å². The van der Waals surface area contributed by atoms with Crippen LogP contribution in [0.15, 0.2) is 18.2 Å². The maximum atomic E-state index is 12.6. The molecule has 0 atom stereocenters. The normalized spacial score (nSPS) is 10.8. The van der Waals surface area contributed by atoms with Crippen molar-refractivity contribution < 1.29 is 4.79 Å². The highest BCUT2D eigenvalue weighted by Crippen LogP contribution is 2.14. The highest BCUT2D eigenvalue weighted by molar-refractivity contribution is 5.95. The smallest absolute Gasteiger partial charge is 0.254 e. The van der Waals surface area contributed by atoms with Crippen LogP contribution in [-0.4, -0.2) is 30.4 Å². The lowest BCUT2D eigenvalue weighted by atomic mass is 10.0. The molecule has 0 aliphatic heterocycles. The molecule has 3 nitrogen and oxygen atoms in total. The third-order valence-electron chi connectivity index (χ3n) is 3.13. The van der Waals surface area contributed by atoms with Gasteiger partial charge in [-0.1, -0.05) is 31.5 Å². The van der Waals surface area contributed by atoms with E-state index in [2.05, 4.69) is 13.8 Å². The Morgan fingerprint density at radius 2 is 2.00 bits per heavy atom. The number of nitrogens with two attached hydrogens (primary N) is 1. The van der Waals surface area contributed by atoms with E-state index in [0.717, 1.165) is 36.2 Å². The fourth-order valence-electron chi connectivity index (χ4n) is 2.14. The van der Waals surface area contributed by atoms with E-state index in [0.29, 0.717) is 12.5 Å². The van der Waals surface area contributed by atoms with Gasteiger partial charge < -0.3 is 10.6 Å². The molecule has 0 saturated carbocycles. The van der Waals surface area contributed by atoms with Crippen molar-refractivity contribution in [1.29, 1.82) is 0 Å². The largest absolute Gasteiger partial charge is 0.338 e. The summed E-state index contributed by atoms with van der Waals surface area (Å²) in [6, 6.07) is 6.03. The van der Waals surface area contributed by atoms with Crippen molar-refractivity contribution in [2.45, 2.75) is 34.1 Å². The molecule has 0 heterocycles. The van der Waals surface area contributed by atoms with Gasteiger partial charge in [-0.25, -0.2) is 0 Å². The second-order valence-corrected chi connectivity index (χ2v) is 5.61. The molecule has 1 aromatic rings. The van der Waals surface area contributed by atoms with Crippen molar-refractivity contribution in [3.05, 3.63) is 34.9 Å². The number of hydrogen-bond donors (Lipinski definition) is 1. The Hall–Kier alpha value is -1.35. The third-order valence-corrected chi connectivity index (χ3v) is 3.13. The molecule has 0 saturated heterocycles. The van der Waals surface area contributed by atoms with Crippen molar-refractivity contribution in [3.63, 3.8) is 0 Å². The summed E-state index contributed by atoms with van der Waals surface area (Å²) in [6.07, 6.45) is 0.851. The lowest BCUT2D eigenvalue weighted by molar-refractivity contribution is 0.0734. The molecule has 0 fully saturated rings. The summed E-state index contributed by atoms with van der Waals surface area (Å²) in [5.41, 5.74) is 8.54. The molecule has 0 spiro atoms. The summed E-state index contributed by atoms with van der Waals surface area (Å²) in [7, 11) is 0. The quantitative estimate of drug-likeness (QED) is 0.857. The molecule has 0 aliphatic carbocycles. The van der Waals surface area contributed by atoms with E-state index in [1.165, 1.54) is 0 Å². The predicted molar refractivity (Wildman–Crippen MR) is 80.3 cm³/mol. The van der Waals surface area contributed by atoms with Crippen LogP contribution in [0.2, 0.25) is 0 Å². The minimum atomic E-state index is 0.128. The van der Waals surface area contributed by atoms with E-state index < -0.39 is 0 Å². The van der Waals surface area contributed by atoms with Crippen molar-refractivity contribution in [1.82, 2.24) is 4.90 Å². The first kappa shape index (κ1) is 15.7. The van der Waals surface area contributed by atoms with E-state index in [1.54, 1.807) is 0 Å². The van der Waals surface area contributed by atoms with Crippen LogP contribution >= 0.6 is 0 Å². The van der Waals surface area contributed by atoms with Gasteiger partial charge in [-0.2, -0.15) is 0 Å². The monoisotopic (exact) mass is 262 g/mol. The van der Waals surface area contributed by atoms with Gasteiger partial charge in [0.2, 0.25) is 0 Å². The molecule has 106 valence electrons. The average molecular weight is 262 g/mol. The van der Waals surface area contributed by atoms with Crippen LogP contribution in [0.25, 0.3) is 0 Å². The van der Waals surface area contributed by atoms with Crippen LogP contribution in [0, 0.1) is 19.8 Å². The van der Waals surface area contributed by atoms with Crippen LogP contribution in [0.5, 0.6) is 0 Å². The number of rotatable bonds is 6. The SMILES string of the molecule is Cc1ccc(C)c(C(=O)N(CCCN)CC(C)C)c1. The van der Waals surface area contributed by atoms with Gasteiger partial charge in [-0.05, 0) is 44.4 Å². The second kappa shape index (κ2) is 7.29. The Bertz CT molecular complexity index is 427. The molecule has 1 aromatic carbocycles. The van der Waals surface area contributed by atoms with Gasteiger partial charge in [0, 0.05) is 18.7 Å². The molecule has 0 aliphatic rings. The van der Waals surface area contributed by atoms with Crippen LogP contribution in [0.3, 0.4) is 0 Å². The minimum Gasteiger partial charge on any atom is -0.338 e. The van der Waals surface area contributed by atoms with Gasteiger partial charge >= 0.3 is 0 Å². The number of hydrogen-bond acceptors (Lipinski definition) is 2. The van der Waals surface area contributed by atoms with Crippen LogP contribution in [0.4, 0.5) is 0 Å².